The fourth-order valence-corrected chi connectivity index (χ4v) is 2.38. The molecule has 0 aliphatic heterocycles. The van der Waals surface area contributed by atoms with Gasteiger partial charge in [0.15, 0.2) is 0 Å². The number of carbonyl (C=O) groups is 2. The Morgan fingerprint density at radius 1 is 1.38 bits per heavy atom. The van der Waals surface area contributed by atoms with Gasteiger partial charge >= 0.3 is 11.9 Å². The van der Waals surface area contributed by atoms with E-state index in [-0.39, 0.29) is 4.88 Å². The molecule has 0 spiro atoms. The first-order chi connectivity index (χ1) is 7.63. The molecule has 0 unspecified atom stereocenters. The maximum Gasteiger partial charge on any atom is 0.345 e. The van der Waals surface area contributed by atoms with E-state index in [1.54, 1.807) is 18.2 Å². The van der Waals surface area contributed by atoms with Crippen molar-refractivity contribution < 1.29 is 19.4 Å². The van der Waals surface area contributed by atoms with Crippen LogP contribution in [-0.4, -0.2) is 24.2 Å². The van der Waals surface area contributed by atoms with Gasteiger partial charge in [0, 0.05) is 10.1 Å². The number of carbonyl (C=O) groups excluding carboxylic acids is 1. The van der Waals surface area contributed by atoms with Gasteiger partial charge in [0.1, 0.15) is 4.88 Å². The van der Waals surface area contributed by atoms with Gasteiger partial charge in [-0.25, -0.2) is 9.59 Å². The number of carboxylic acid groups (broad SMARTS) is 1. The molecule has 0 aliphatic carbocycles. The van der Waals surface area contributed by atoms with Crippen molar-refractivity contribution in [2.24, 2.45) is 0 Å². The number of thiophene rings is 1. The molecule has 82 valence electrons. The zero-order valence-electron chi connectivity index (χ0n) is 8.39. The summed E-state index contributed by atoms with van der Waals surface area (Å²) < 4.78 is 5.40. The van der Waals surface area contributed by atoms with Gasteiger partial charge in [0.25, 0.3) is 0 Å². The van der Waals surface area contributed by atoms with Crippen LogP contribution in [0.3, 0.4) is 0 Å². The molecule has 2 rings (SSSR count). The molecule has 5 heteroatoms. The van der Waals surface area contributed by atoms with Crippen molar-refractivity contribution in [1.82, 2.24) is 0 Å². The number of aromatic carboxylic acids is 1. The van der Waals surface area contributed by atoms with E-state index in [0.717, 1.165) is 16.0 Å². The minimum absolute atomic E-state index is 0.214. The summed E-state index contributed by atoms with van der Waals surface area (Å²) in [6, 6.07) is 6.59. The van der Waals surface area contributed by atoms with Gasteiger partial charge in [-0.3, -0.25) is 0 Å². The number of esters is 1. The third-order valence-electron chi connectivity index (χ3n) is 2.18. The van der Waals surface area contributed by atoms with E-state index < -0.39 is 11.9 Å². The van der Waals surface area contributed by atoms with E-state index in [1.165, 1.54) is 13.2 Å². The van der Waals surface area contributed by atoms with Gasteiger partial charge in [-0.2, -0.15) is 0 Å². The van der Waals surface area contributed by atoms with Crippen molar-refractivity contribution in [2.75, 3.05) is 7.11 Å². The largest absolute Gasteiger partial charge is 0.477 e. The summed E-state index contributed by atoms with van der Waals surface area (Å²) in [6.07, 6.45) is 0. The third-order valence-corrected chi connectivity index (χ3v) is 3.27. The van der Waals surface area contributed by atoms with Gasteiger partial charge < -0.3 is 9.84 Å². The van der Waals surface area contributed by atoms with Crippen molar-refractivity contribution in [3.8, 4) is 0 Å². The van der Waals surface area contributed by atoms with Crippen LogP contribution in [0.1, 0.15) is 20.0 Å². The number of rotatable bonds is 2. The van der Waals surface area contributed by atoms with Gasteiger partial charge in [-0.05, 0) is 18.2 Å². The fourth-order valence-electron chi connectivity index (χ4n) is 1.45. The first-order valence-electron chi connectivity index (χ1n) is 4.47. The third kappa shape index (κ3) is 1.65. The van der Waals surface area contributed by atoms with Gasteiger partial charge in [0.05, 0.1) is 12.7 Å². The lowest BCUT2D eigenvalue weighted by Crippen LogP contribution is -2.00. The molecule has 0 fully saturated rings. The molecule has 0 atom stereocenters. The molecule has 1 aromatic carbocycles. The van der Waals surface area contributed by atoms with Crippen molar-refractivity contribution in [2.45, 2.75) is 0 Å². The maximum atomic E-state index is 11.4. The number of fused-ring (bicyclic) bond motifs is 1. The van der Waals surface area contributed by atoms with Crippen LogP contribution >= 0.6 is 11.3 Å². The Balaban J connectivity index is 2.67. The van der Waals surface area contributed by atoms with Crippen LogP contribution in [0.4, 0.5) is 0 Å². The molecule has 0 bridgehead atoms. The van der Waals surface area contributed by atoms with Crippen molar-refractivity contribution in [3.63, 3.8) is 0 Å². The van der Waals surface area contributed by atoms with E-state index in [2.05, 4.69) is 4.74 Å². The second-order valence-electron chi connectivity index (χ2n) is 3.12. The fraction of sp³-hybridized carbons (Fsp3) is 0.0909. The highest BCUT2D eigenvalue weighted by molar-refractivity contribution is 7.20. The Labute approximate surface area is 95.1 Å². The molecular weight excluding hydrogens is 228 g/mol. The number of hydrogen-bond acceptors (Lipinski definition) is 4. The number of carboxylic acids is 1. The Morgan fingerprint density at radius 2 is 2.12 bits per heavy atom. The molecule has 1 N–H and O–H groups in total. The summed E-state index contributed by atoms with van der Waals surface area (Å²) in [5.74, 6) is -1.45. The minimum atomic E-state index is -0.989. The lowest BCUT2D eigenvalue weighted by atomic mass is 10.1. The van der Waals surface area contributed by atoms with Gasteiger partial charge in [0.2, 0.25) is 0 Å². The zero-order chi connectivity index (χ0) is 11.7. The smallest absolute Gasteiger partial charge is 0.345 e. The standard InChI is InChI=1S/C11H8O4S/c1-15-11(14)6-3-2-4-8-7(6)5-9(16-8)10(12)13/h2-5H,1H3,(H,12,13). The summed E-state index contributed by atoms with van der Waals surface area (Å²) >= 11 is 1.14. The Kier molecular flexibility index (Phi) is 2.62. The predicted molar refractivity (Wildman–Crippen MR) is 60.1 cm³/mol. The second kappa shape index (κ2) is 3.94. The van der Waals surface area contributed by atoms with Crippen LogP contribution in [0.5, 0.6) is 0 Å². The van der Waals surface area contributed by atoms with Crippen molar-refractivity contribution in [3.05, 3.63) is 34.7 Å². The predicted octanol–water partition coefficient (Wildman–Crippen LogP) is 2.39. The number of methoxy groups -OCH3 is 1. The minimum Gasteiger partial charge on any atom is -0.477 e. The molecule has 0 amide bonds. The molecule has 1 aromatic heterocycles. The van der Waals surface area contributed by atoms with Crippen LogP contribution in [0, 0.1) is 0 Å². The van der Waals surface area contributed by atoms with E-state index in [1.807, 2.05) is 0 Å². The lowest BCUT2D eigenvalue weighted by molar-refractivity contribution is 0.0601. The van der Waals surface area contributed by atoms with Gasteiger partial charge in [-0.15, -0.1) is 11.3 Å². The molecule has 0 radical (unpaired) electrons. The van der Waals surface area contributed by atoms with Crippen LogP contribution in [0.2, 0.25) is 0 Å². The Bertz CT molecular complexity index is 570. The number of ether oxygens (including phenoxy) is 1. The summed E-state index contributed by atoms with van der Waals surface area (Å²) in [7, 11) is 1.30. The summed E-state index contributed by atoms with van der Waals surface area (Å²) in [6.45, 7) is 0. The summed E-state index contributed by atoms with van der Waals surface area (Å²) in [5.41, 5.74) is 0.392. The summed E-state index contributed by atoms with van der Waals surface area (Å²) in [4.78, 5) is 22.5. The van der Waals surface area contributed by atoms with E-state index in [9.17, 15) is 9.59 Å². The van der Waals surface area contributed by atoms with E-state index in [0.29, 0.717) is 10.9 Å². The van der Waals surface area contributed by atoms with Crippen LogP contribution in [-0.2, 0) is 4.74 Å². The first-order valence-corrected chi connectivity index (χ1v) is 5.29. The van der Waals surface area contributed by atoms with E-state index in [4.69, 9.17) is 5.11 Å². The highest BCUT2D eigenvalue weighted by Gasteiger charge is 2.14. The van der Waals surface area contributed by atoms with Crippen molar-refractivity contribution in [1.29, 1.82) is 0 Å². The van der Waals surface area contributed by atoms with Crippen molar-refractivity contribution >= 4 is 33.4 Å². The SMILES string of the molecule is COC(=O)c1cccc2sc(C(=O)O)cc12. The van der Waals surface area contributed by atoms with E-state index >= 15 is 0 Å². The number of hydrogen-bond donors (Lipinski definition) is 1. The molecule has 0 aliphatic rings. The average Bonchev–Trinajstić information content (AvgIpc) is 2.71. The normalized spacial score (nSPS) is 10.3. The zero-order valence-corrected chi connectivity index (χ0v) is 9.21. The first kappa shape index (κ1) is 10.6. The van der Waals surface area contributed by atoms with Crippen LogP contribution in [0.25, 0.3) is 10.1 Å². The van der Waals surface area contributed by atoms with Gasteiger partial charge in [-0.1, -0.05) is 6.07 Å². The summed E-state index contributed by atoms with van der Waals surface area (Å²) in [5, 5.41) is 9.49. The van der Waals surface area contributed by atoms with Crippen LogP contribution < -0.4 is 0 Å². The average molecular weight is 236 g/mol. The molecular formula is C11H8O4S. The molecule has 16 heavy (non-hydrogen) atoms. The molecule has 1 heterocycles. The monoisotopic (exact) mass is 236 g/mol. The molecule has 4 nitrogen and oxygen atoms in total. The highest BCUT2D eigenvalue weighted by atomic mass is 32.1. The Morgan fingerprint density at radius 3 is 2.75 bits per heavy atom. The highest BCUT2D eigenvalue weighted by Crippen LogP contribution is 2.28. The maximum absolute atomic E-state index is 11.4. The molecule has 0 saturated carbocycles. The second-order valence-corrected chi connectivity index (χ2v) is 4.21. The molecule has 0 saturated heterocycles. The quantitative estimate of drug-likeness (QED) is 0.813. The topological polar surface area (TPSA) is 63.6 Å². The van der Waals surface area contributed by atoms with Crippen LogP contribution in [0.15, 0.2) is 24.3 Å². The number of benzene rings is 1. The molecule has 2 aromatic rings. The lowest BCUT2D eigenvalue weighted by Gasteiger charge is -1.99. The Hall–Kier alpha value is -1.88.